The van der Waals surface area contributed by atoms with E-state index in [1.54, 1.807) is 48.5 Å². The maximum absolute atomic E-state index is 12.9. The molecule has 0 spiro atoms. The molecule has 1 fully saturated rings. The van der Waals surface area contributed by atoms with Crippen LogP contribution in [0, 0.1) is 0 Å². The van der Waals surface area contributed by atoms with Crippen LogP contribution in [0.3, 0.4) is 0 Å². The van der Waals surface area contributed by atoms with Crippen molar-refractivity contribution in [1.82, 2.24) is 4.90 Å². The summed E-state index contributed by atoms with van der Waals surface area (Å²) in [7, 11) is 0. The van der Waals surface area contributed by atoms with Crippen molar-refractivity contribution in [2.75, 3.05) is 11.4 Å². The zero-order valence-electron chi connectivity index (χ0n) is 14.7. The Bertz CT molecular complexity index is 854. The van der Waals surface area contributed by atoms with Gasteiger partial charge in [-0.2, -0.15) is 0 Å². The van der Waals surface area contributed by atoms with Gasteiger partial charge in [0.05, 0.1) is 24.8 Å². The number of halogens is 1. The number of carbonyl (C=O) groups excluding carboxylic acids is 3. The van der Waals surface area contributed by atoms with Gasteiger partial charge in [0.15, 0.2) is 0 Å². The van der Waals surface area contributed by atoms with Crippen LogP contribution >= 0.6 is 11.6 Å². The second-order valence-corrected chi connectivity index (χ2v) is 6.80. The molecule has 6 nitrogen and oxygen atoms in total. The predicted molar refractivity (Wildman–Crippen MR) is 101 cm³/mol. The van der Waals surface area contributed by atoms with E-state index in [9.17, 15) is 19.5 Å². The Balaban J connectivity index is 1.82. The third-order valence-corrected chi connectivity index (χ3v) is 4.79. The fourth-order valence-electron chi connectivity index (χ4n) is 3.16. The molecule has 2 atom stereocenters. The van der Waals surface area contributed by atoms with E-state index in [2.05, 4.69) is 0 Å². The Morgan fingerprint density at radius 3 is 2.41 bits per heavy atom. The Morgan fingerprint density at radius 2 is 1.81 bits per heavy atom. The van der Waals surface area contributed by atoms with Crippen LogP contribution in [0.1, 0.15) is 25.0 Å². The Kier molecular flexibility index (Phi) is 5.58. The van der Waals surface area contributed by atoms with E-state index in [-0.39, 0.29) is 18.9 Å². The van der Waals surface area contributed by atoms with Gasteiger partial charge in [0.2, 0.25) is 11.8 Å². The molecule has 1 saturated heterocycles. The maximum Gasteiger partial charge on any atom is 0.257 e. The van der Waals surface area contributed by atoms with Crippen molar-refractivity contribution in [3.05, 3.63) is 65.2 Å². The van der Waals surface area contributed by atoms with Crippen molar-refractivity contribution in [2.45, 2.75) is 25.5 Å². The minimum atomic E-state index is -0.956. The number of amides is 3. The number of aliphatic hydroxyl groups excluding tert-OH is 1. The fourth-order valence-corrected chi connectivity index (χ4v) is 3.29. The van der Waals surface area contributed by atoms with Crippen molar-refractivity contribution in [3.8, 4) is 0 Å². The fraction of sp³-hybridized carbons (Fsp3) is 0.250. The number of hydrogen-bond acceptors (Lipinski definition) is 4. The maximum atomic E-state index is 12.9. The van der Waals surface area contributed by atoms with Crippen LogP contribution in [0.2, 0.25) is 5.02 Å². The molecule has 3 rings (SSSR count). The van der Waals surface area contributed by atoms with Crippen LogP contribution in [0.5, 0.6) is 0 Å². The normalized spacial score (nSPS) is 17.9. The van der Waals surface area contributed by atoms with E-state index < -0.39 is 24.0 Å². The third kappa shape index (κ3) is 4.02. The van der Waals surface area contributed by atoms with Gasteiger partial charge < -0.3 is 10.0 Å². The van der Waals surface area contributed by atoms with Gasteiger partial charge in [-0.15, -0.1) is 0 Å². The molecule has 0 radical (unpaired) electrons. The molecule has 0 bridgehead atoms. The lowest BCUT2D eigenvalue weighted by molar-refractivity contribution is -0.138. The van der Waals surface area contributed by atoms with Gasteiger partial charge in [-0.25, -0.2) is 4.90 Å². The van der Waals surface area contributed by atoms with Gasteiger partial charge in [-0.05, 0) is 29.8 Å². The number of aliphatic hydroxyl groups is 1. The van der Waals surface area contributed by atoms with Crippen molar-refractivity contribution < 1.29 is 19.5 Å². The number of rotatable bonds is 5. The average molecular weight is 387 g/mol. The first-order valence-corrected chi connectivity index (χ1v) is 8.89. The number of imide groups is 1. The molecule has 1 aliphatic rings. The zero-order valence-corrected chi connectivity index (χ0v) is 15.5. The van der Waals surface area contributed by atoms with Crippen LogP contribution in [0.25, 0.3) is 0 Å². The van der Waals surface area contributed by atoms with Gasteiger partial charge in [0.25, 0.3) is 5.91 Å². The van der Waals surface area contributed by atoms with Crippen molar-refractivity contribution in [3.63, 3.8) is 0 Å². The van der Waals surface area contributed by atoms with Crippen LogP contribution in [-0.2, 0) is 14.4 Å². The lowest BCUT2D eigenvalue weighted by Gasteiger charge is -2.28. The molecule has 0 aliphatic carbocycles. The molecule has 1 N–H and O–H groups in total. The van der Waals surface area contributed by atoms with E-state index in [4.69, 9.17) is 11.6 Å². The highest BCUT2D eigenvalue weighted by molar-refractivity contribution is 6.30. The standard InChI is InChI=1S/C20H19ClN2O4/c1-13(24)22(12-18(25)14-5-3-2-4-6-14)17-11-19(26)23(20(17)27)16-9-7-15(21)8-10-16/h2-10,17-18,25H,11-12H2,1H3. The minimum Gasteiger partial charge on any atom is -0.387 e. The lowest BCUT2D eigenvalue weighted by Crippen LogP contribution is -2.46. The monoisotopic (exact) mass is 386 g/mol. The highest BCUT2D eigenvalue weighted by atomic mass is 35.5. The first-order chi connectivity index (χ1) is 12.9. The highest BCUT2D eigenvalue weighted by Gasteiger charge is 2.44. The molecular formula is C20H19ClN2O4. The second kappa shape index (κ2) is 7.90. The molecular weight excluding hydrogens is 368 g/mol. The summed E-state index contributed by atoms with van der Waals surface area (Å²) in [6, 6.07) is 14.3. The highest BCUT2D eigenvalue weighted by Crippen LogP contribution is 2.28. The Morgan fingerprint density at radius 1 is 1.19 bits per heavy atom. The molecule has 1 aliphatic heterocycles. The first-order valence-electron chi connectivity index (χ1n) is 8.51. The molecule has 2 aromatic rings. The zero-order chi connectivity index (χ0) is 19.6. The van der Waals surface area contributed by atoms with E-state index in [0.29, 0.717) is 16.3 Å². The molecule has 0 aromatic heterocycles. The number of hydrogen-bond donors (Lipinski definition) is 1. The lowest BCUT2D eigenvalue weighted by atomic mass is 10.1. The Hall–Kier alpha value is -2.70. The van der Waals surface area contributed by atoms with Crippen LogP contribution in [0.15, 0.2) is 54.6 Å². The van der Waals surface area contributed by atoms with Crippen LogP contribution in [0.4, 0.5) is 5.69 Å². The quantitative estimate of drug-likeness (QED) is 0.801. The number of anilines is 1. The largest absolute Gasteiger partial charge is 0.387 e. The van der Waals surface area contributed by atoms with Crippen LogP contribution < -0.4 is 4.90 Å². The summed E-state index contributed by atoms with van der Waals surface area (Å²) in [6.07, 6.45) is -1.08. The van der Waals surface area contributed by atoms with Gasteiger partial charge in [-0.1, -0.05) is 41.9 Å². The van der Waals surface area contributed by atoms with Crippen molar-refractivity contribution in [2.24, 2.45) is 0 Å². The molecule has 3 amide bonds. The Labute approximate surface area is 162 Å². The van der Waals surface area contributed by atoms with Gasteiger partial charge in [0, 0.05) is 11.9 Å². The molecule has 7 heteroatoms. The molecule has 27 heavy (non-hydrogen) atoms. The van der Waals surface area contributed by atoms with E-state index in [0.717, 1.165) is 4.90 Å². The molecule has 1 heterocycles. The van der Waals surface area contributed by atoms with E-state index in [1.807, 2.05) is 6.07 Å². The summed E-state index contributed by atoms with van der Waals surface area (Å²) < 4.78 is 0. The summed E-state index contributed by atoms with van der Waals surface area (Å²) in [5.74, 6) is -1.26. The van der Waals surface area contributed by atoms with Gasteiger partial charge >= 0.3 is 0 Å². The summed E-state index contributed by atoms with van der Waals surface area (Å²) >= 11 is 5.86. The summed E-state index contributed by atoms with van der Waals surface area (Å²) in [4.78, 5) is 39.8. The molecule has 140 valence electrons. The number of nitrogens with zero attached hydrogens (tertiary/aromatic N) is 2. The molecule has 2 aromatic carbocycles. The molecule has 2 unspecified atom stereocenters. The smallest absolute Gasteiger partial charge is 0.257 e. The molecule has 0 saturated carbocycles. The first kappa shape index (κ1) is 19.1. The number of benzene rings is 2. The van der Waals surface area contributed by atoms with Gasteiger partial charge in [-0.3, -0.25) is 14.4 Å². The number of carbonyl (C=O) groups is 3. The van der Waals surface area contributed by atoms with Crippen LogP contribution in [-0.4, -0.2) is 40.3 Å². The second-order valence-electron chi connectivity index (χ2n) is 6.36. The van der Waals surface area contributed by atoms with Gasteiger partial charge in [0.1, 0.15) is 6.04 Å². The van der Waals surface area contributed by atoms with Crippen molar-refractivity contribution >= 4 is 35.0 Å². The topological polar surface area (TPSA) is 77.9 Å². The SMILES string of the molecule is CC(=O)N(CC(O)c1ccccc1)C1CC(=O)N(c2ccc(Cl)cc2)C1=O. The third-order valence-electron chi connectivity index (χ3n) is 4.54. The summed E-state index contributed by atoms with van der Waals surface area (Å²) in [6.45, 7) is 1.25. The minimum absolute atomic E-state index is 0.0719. The van der Waals surface area contributed by atoms with Crippen molar-refractivity contribution in [1.29, 1.82) is 0 Å². The predicted octanol–water partition coefficient (Wildman–Crippen LogP) is 2.55. The summed E-state index contributed by atoms with van der Waals surface area (Å²) in [5, 5.41) is 10.9. The van der Waals surface area contributed by atoms with E-state index in [1.165, 1.54) is 11.8 Å². The summed E-state index contributed by atoms with van der Waals surface area (Å²) in [5.41, 5.74) is 1.04. The average Bonchev–Trinajstić information content (AvgIpc) is 2.95. The van der Waals surface area contributed by atoms with E-state index >= 15 is 0 Å².